The first-order chi connectivity index (χ1) is 13.9. The molecule has 2 N–H and O–H groups in total. The lowest BCUT2D eigenvalue weighted by atomic mass is 10.2. The van der Waals surface area contributed by atoms with Crippen LogP contribution in [0.15, 0.2) is 47.1 Å². The van der Waals surface area contributed by atoms with E-state index in [9.17, 15) is 14.4 Å². The fourth-order valence-electron chi connectivity index (χ4n) is 3.35. The van der Waals surface area contributed by atoms with Gasteiger partial charge in [0.1, 0.15) is 30.0 Å². The monoisotopic (exact) mass is 395 g/mol. The topological polar surface area (TPSA) is 75.4 Å². The predicted molar refractivity (Wildman–Crippen MR) is 107 cm³/mol. The highest BCUT2D eigenvalue weighted by molar-refractivity contribution is 5.92. The summed E-state index contributed by atoms with van der Waals surface area (Å²) in [4.78, 5) is 13.6. The molecule has 7 heteroatoms. The van der Waals surface area contributed by atoms with E-state index in [4.69, 9.17) is 4.42 Å². The molecule has 0 saturated heterocycles. The highest BCUT2D eigenvalue weighted by Crippen LogP contribution is 2.27. The van der Waals surface area contributed by atoms with Crippen molar-refractivity contribution in [2.45, 2.75) is 26.9 Å². The third-order valence-electron chi connectivity index (χ3n) is 4.97. The van der Waals surface area contributed by atoms with Crippen LogP contribution in [-0.2, 0) is 17.9 Å². The maximum Gasteiger partial charge on any atom is 0.280 e. The van der Waals surface area contributed by atoms with E-state index in [-0.39, 0.29) is 18.3 Å². The maximum absolute atomic E-state index is 13.0. The lowest BCUT2D eigenvalue weighted by Gasteiger charge is -2.15. The van der Waals surface area contributed by atoms with Crippen molar-refractivity contribution in [2.24, 2.45) is 0 Å². The Morgan fingerprint density at radius 2 is 2.00 bits per heavy atom. The first-order valence-electron chi connectivity index (χ1n) is 9.36. The minimum Gasteiger partial charge on any atom is -0.467 e. The molecule has 1 unspecified atom stereocenters. The number of halogens is 1. The number of furan rings is 1. The summed E-state index contributed by atoms with van der Waals surface area (Å²) < 4.78 is 20.4. The lowest BCUT2D eigenvalue weighted by Crippen LogP contribution is -3.08. The molecular formula is C22H24FN4O2+. The van der Waals surface area contributed by atoms with Crippen molar-refractivity contribution in [3.8, 4) is 6.07 Å². The number of quaternary nitrogens is 1. The normalized spacial score (nSPS) is 11.8. The summed E-state index contributed by atoms with van der Waals surface area (Å²) in [6, 6.07) is 12.1. The van der Waals surface area contributed by atoms with E-state index in [1.807, 2.05) is 31.5 Å². The van der Waals surface area contributed by atoms with Crippen molar-refractivity contribution >= 4 is 11.7 Å². The molecule has 0 aliphatic carbocycles. The number of nitriles is 1. The predicted octanol–water partition coefficient (Wildman–Crippen LogP) is 2.41. The molecule has 29 heavy (non-hydrogen) atoms. The number of benzene rings is 1. The molecule has 0 bridgehead atoms. The second kappa shape index (κ2) is 8.76. The Hall–Kier alpha value is -3.37. The molecule has 0 saturated carbocycles. The molecule has 1 atom stereocenters. The molecule has 3 rings (SSSR count). The largest absolute Gasteiger partial charge is 0.467 e. The van der Waals surface area contributed by atoms with E-state index in [2.05, 4.69) is 11.4 Å². The van der Waals surface area contributed by atoms with Crippen LogP contribution in [0.3, 0.4) is 0 Å². The Balaban J connectivity index is 1.74. The molecule has 0 fully saturated rings. The van der Waals surface area contributed by atoms with Crippen LogP contribution in [0, 0.1) is 31.0 Å². The zero-order valence-electron chi connectivity index (χ0n) is 16.8. The summed E-state index contributed by atoms with van der Waals surface area (Å²) in [5.74, 6) is 0.746. The number of hydrogen-bond acceptors (Lipinski definition) is 3. The summed E-state index contributed by atoms with van der Waals surface area (Å²) in [5.41, 5.74) is 3.14. The number of carbonyl (C=O) groups excluding carboxylic acids is 1. The third-order valence-corrected chi connectivity index (χ3v) is 4.97. The molecule has 2 heterocycles. The fourth-order valence-corrected chi connectivity index (χ4v) is 3.35. The first kappa shape index (κ1) is 20.4. The molecule has 1 aromatic carbocycles. The van der Waals surface area contributed by atoms with Crippen LogP contribution in [0.5, 0.6) is 0 Å². The summed E-state index contributed by atoms with van der Waals surface area (Å²) in [7, 11) is 1.90. The summed E-state index contributed by atoms with van der Waals surface area (Å²) in [6.07, 6.45) is 1.60. The van der Waals surface area contributed by atoms with Gasteiger partial charge in [0.25, 0.3) is 5.91 Å². The van der Waals surface area contributed by atoms with Crippen molar-refractivity contribution in [3.05, 3.63) is 76.6 Å². The lowest BCUT2D eigenvalue weighted by molar-refractivity contribution is -0.885. The quantitative estimate of drug-likeness (QED) is 0.645. The number of anilines is 1. The van der Waals surface area contributed by atoms with Crippen LogP contribution in [0.25, 0.3) is 0 Å². The second-order valence-corrected chi connectivity index (χ2v) is 7.20. The van der Waals surface area contributed by atoms with Gasteiger partial charge in [-0.3, -0.25) is 4.79 Å². The number of nitrogens with one attached hydrogen (secondary N) is 2. The molecule has 3 aromatic rings. The van der Waals surface area contributed by atoms with Crippen LogP contribution < -0.4 is 10.2 Å². The van der Waals surface area contributed by atoms with E-state index < -0.39 is 0 Å². The Kier molecular flexibility index (Phi) is 6.15. The van der Waals surface area contributed by atoms with Crippen LogP contribution in [-0.4, -0.2) is 24.1 Å². The molecular weight excluding hydrogens is 371 g/mol. The first-order valence-corrected chi connectivity index (χ1v) is 9.36. The van der Waals surface area contributed by atoms with Crippen molar-refractivity contribution in [2.75, 3.05) is 18.9 Å². The van der Waals surface area contributed by atoms with Gasteiger partial charge >= 0.3 is 0 Å². The Bertz CT molecular complexity index is 1030. The van der Waals surface area contributed by atoms with Crippen molar-refractivity contribution < 1.29 is 18.5 Å². The van der Waals surface area contributed by atoms with Gasteiger partial charge in [-0.1, -0.05) is 12.1 Å². The molecule has 0 aliphatic rings. The van der Waals surface area contributed by atoms with Gasteiger partial charge < -0.3 is 19.2 Å². The van der Waals surface area contributed by atoms with Gasteiger partial charge in [-0.05, 0) is 43.7 Å². The molecule has 150 valence electrons. The number of nitrogens with zero attached hydrogens (tertiary/aromatic N) is 2. The van der Waals surface area contributed by atoms with Gasteiger partial charge in [0.05, 0.1) is 25.4 Å². The van der Waals surface area contributed by atoms with Crippen LogP contribution in [0.4, 0.5) is 10.2 Å². The number of rotatable bonds is 7. The number of amides is 1. The zero-order chi connectivity index (χ0) is 21.0. The molecule has 1 amide bonds. The minimum absolute atomic E-state index is 0.195. The fraction of sp³-hybridized carbons (Fsp3) is 0.273. The standard InChI is InChI=1S/C22H23FN4O2/c1-15-16(2)27(13-19-5-4-10-29-19)22(20(15)11-24)25-21(28)14-26(3)12-17-6-8-18(23)9-7-17/h4-10H,12-14H2,1-3H3,(H,25,28)/p+1. The highest BCUT2D eigenvalue weighted by Gasteiger charge is 2.21. The van der Waals surface area contributed by atoms with Crippen LogP contribution in [0.2, 0.25) is 0 Å². The van der Waals surface area contributed by atoms with E-state index in [1.165, 1.54) is 12.1 Å². The van der Waals surface area contributed by atoms with Gasteiger partial charge in [-0.15, -0.1) is 0 Å². The third kappa shape index (κ3) is 4.73. The van der Waals surface area contributed by atoms with Crippen LogP contribution in [0.1, 0.15) is 28.1 Å². The zero-order valence-corrected chi connectivity index (χ0v) is 16.8. The van der Waals surface area contributed by atoms with E-state index in [0.717, 1.165) is 27.5 Å². The minimum atomic E-state index is -0.281. The summed E-state index contributed by atoms with van der Waals surface area (Å²) in [6.45, 7) is 5.01. The molecule has 0 radical (unpaired) electrons. The van der Waals surface area contributed by atoms with E-state index >= 15 is 0 Å². The number of likely N-dealkylation sites (N-methyl/N-ethyl adjacent to an activating group) is 1. The highest BCUT2D eigenvalue weighted by atomic mass is 19.1. The van der Waals surface area contributed by atoms with Crippen molar-refractivity contribution in [1.29, 1.82) is 5.26 Å². The molecule has 2 aromatic heterocycles. The SMILES string of the molecule is Cc1c(C#N)c(NC(=O)C[NH+](C)Cc2ccc(F)cc2)n(Cc2ccco2)c1C. The molecule has 0 spiro atoms. The van der Waals surface area contributed by atoms with Gasteiger partial charge in [0.15, 0.2) is 6.54 Å². The smallest absolute Gasteiger partial charge is 0.280 e. The Morgan fingerprint density at radius 3 is 2.62 bits per heavy atom. The Morgan fingerprint density at radius 1 is 1.28 bits per heavy atom. The van der Waals surface area contributed by atoms with Gasteiger partial charge in [-0.25, -0.2) is 4.39 Å². The molecule has 6 nitrogen and oxygen atoms in total. The number of aromatic nitrogens is 1. The maximum atomic E-state index is 13.0. The number of hydrogen-bond donors (Lipinski definition) is 2. The average Bonchev–Trinajstić information content (AvgIpc) is 3.26. The van der Waals surface area contributed by atoms with Crippen molar-refractivity contribution in [1.82, 2.24) is 4.57 Å². The summed E-state index contributed by atoms with van der Waals surface area (Å²) in [5, 5.41) is 12.5. The van der Waals surface area contributed by atoms with Gasteiger partial charge in [0.2, 0.25) is 0 Å². The average molecular weight is 395 g/mol. The summed E-state index contributed by atoms with van der Waals surface area (Å²) >= 11 is 0. The Labute approximate surface area is 169 Å². The van der Waals surface area contributed by atoms with E-state index in [1.54, 1.807) is 24.5 Å². The van der Waals surface area contributed by atoms with Crippen molar-refractivity contribution in [3.63, 3.8) is 0 Å². The second-order valence-electron chi connectivity index (χ2n) is 7.20. The van der Waals surface area contributed by atoms with Gasteiger partial charge in [-0.2, -0.15) is 5.26 Å². The van der Waals surface area contributed by atoms with E-state index in [0.29, 0.717) is 24.5 Å². The molecule has 0 aliphatic heterocycles. The number of carbonyl (C=O) groups is 1. The van der Waals surface area contributed by atoms with Crippen LogP contribution >= 0.6 is 0 Å². The van der Waals surface area contributed by atoms with Gasteiger partial charge in [0, 0.05) is 11.3 Å².